The van der Waals surface area contributed by atoms with Crippen molar-refractivity contribution in [1.29, 1.82) is 0 Å². The predicted octanol–water partition coefficient (Wildman–Crippen LogP) is 4.35. The van der Waals surface area contributed by atoms with Crippen LogP contribution < -0.4 is 4.74 Å². The Hall–Kier alpha value is -0.250. The standard InChI is InChI=1S/C13H16BrClO2/c1-16-9-4-5-11(13(15)8-9)12(14)7-10-3-2-6-17-10/h4-5,8,10,12H,2-3,6-7H2,1H3. The molecule has 2 rings (SSSR count). The minimum Gasteiger partial charge on any atom is -0.497 e. The third kappa shape index (κ3) is 3.36. The molecule has 0 amide bonds. The lowest BCUT2D eigenvalue weighted by molar-refractivity contribution is 0.104. The van der Waals surface area contributed by atoms with E-state index >= 15 is 0 Å². The zero-order valence-corrected chi connectivity index (χ0v) is 12.1. The maximum absolute atomic E-state index is 6.24. The average Bonchev–Trinajstić information content (AvgIpc) is 2.81. The lowest BCUT2D eigenvalue weighted by Crippen LogP contribution is -2.08. The highest BCUT2D eigenvalue weighted by Gasteiger charge is 2.21. The molecule has 0 bridgehead atoms. The van der Waals surface area contributed by atoms with Gasteiger partial charge in [0.15, 0.2) is 0 Å². The van der Waals surface area contributed by atoms with Crippen LogP contribution in [0.4, 0.5) is 0 Å². The number of alkyl halides is 1. The summed E-state index contributed by atoms with van der Waals surface area (Å²) in [5.74, 6) is 0.788. The number of hydrogen-bond donors (Lipinski definition) is 0. The fourth-order valence-corrected chi connectivity index (χ4v) is 3.33. The molecule has 1 fully saturated rings. The Morgan fingerprint density at radius 3 is 3.00 bits per heavy atom. The second kappa shape index (κ2) is 6.07. The first-order valence-electron chi connectivity index (χ1n) is 5.80. The van der Waals surface area contributed by atoms with Gasteiger partial charge in [-0.25, -0.2) is 0 Å². The highest BCUT2D eigenvalue weighted by Crippen LogP contribution is 2.36. The molecule has 4 heteroatoms. The maximum atomic E-state index is 6.24. The van der Waals surface area contributed by atoms with Crippen molar-refractivity contribution in [3.8, 4) is 5.75 Å². The molecule has 1 saturated heterocycles. The fourth-order valence-electron chi connectivity index (χ4n) is 2.08. The second-order valence-electron chi connectivity index (χ2n) is 4.23. The number of halogens is 2. The normalized spacial score (nSPS) is 21.5. The van der Waals surface area contributed by atoms with E-state index in [0.717, 1.165) is 35.8 Å². The van der Waals surface area contributed by atoms with Crippen LogP contribution in [0.15, 0.2) is 18.2 Å². The highest BCUT2D eigenvalue weighted by molar-refractivity contribution is 9.09. The Kier molecular flexibility index (Phi) is 4.71. The largest absolute Gasteiger partial charge is 0.497 e. The van der Waals surface area contributed by atoms with Crippen LogP contribution in [0.2, 0.25) is 5.02 Å². The van der Waals surface area contributed by atoms with E-state index in [-0.39, 0.29) is 4.83 Å². The van der Waals surface area contributed by atoms with E-state index in [4.69, 9.17) is 21.1 Å². The van der Waals surface area contributed by atoms with E-state index < -0.39 is 0 Å². The van der Waals surface area contributed by atoms with Gasteiger partial charge in [0.25, 0.3) is 0 Å². The van der Waals surface area contributed by atoms with Crippen LogP contribution in [0, 0.1) is 0 Å². The SMILES string of the molecule is COc1ccc(C(Br)CC2CCCO2)c(Cl)c1. The number of ether oxygens (including phenoxy) is 2. The van der Waals surface area contributed by atoms with Crippen LogP contribution in [-0.4, -0.2) is 19.8 Å². The van der Waals surface area contributed by atoms with Gasteiger partial charge in [0.05, 0.1) is 13.2 Å². The van der Waals surface area contributed by atoms with Gasteiger partial charge in [-0.2, -0.15) is 0 Å². The molecule has 0 aliphatic carbocycles. The van der Waals surface area contributed by atoms with Crippen LogP contribution in [-0.2, 0) is 4.74 Å². The number of benzene rings is 1. The monoisotopic (exact) mass is 318 g/mol. The zero-order chi connectivity index (χ0) is 12.3. The second-order valence-corrected chi connectivity index (χ2v) is 5.74. The first-order chi connectivity index (χ1) is 8.20. The molecular weight excluding hydrogens is 303 g/mol. The van der Waals surface area contributed by atoms with E-state index in [1.54, 1.807) is 7.11 Å². The van der Waals surface area contributed by atoms with Crippen LogP contribution in [0.5, 0.6) is 5.75 Å². The van der Waals surface area contributed by atoms with Gasteiger partial charge in [-0.1, -0.05) is 33.6 Å². The lowest BCUT2D eigenvalue weighted by atomic mass is 10.0. The molecule has 2 nitrogen and oxygen atoms in total. The molecule has 1 aromatic carbocycles. The van der Waals surface area contributed by atoms with Gasteiger partial charge in [0.1, 0.15) is 5.75 Å². The van der Waals surface area contributed by atoms with Gasteiger partial charge in [-0.3, -0.25) is 0 Å². The summed E-state index contributed by atoms with van der Waals surface area (Å²) in [6.45, 7) is 0.890. The summed E-state index contributed by atoms with van der Waals surface area (Å²) in [6.07, 6.45) is 3.64. The first kappa shape index (κ1) is 13.2. The van der Waals surface area contributed by atoms with Crippen molar-refractivity contribution >= 4 is 27.5 Å². The first-order valence-corrected chi connectivity index (χ1v) is 7.09. The molecule has 0 N–H and O–H groups in total. The molecule has 0 radical (unpaired) electrons. The minimum absolute atomic E-state index is 0.240. The molecule has 0 spiro atoms. The van der Waals surface area contributed by atoms with Gasteiger partial charge in [0.2, 0.25) is 0 Å². The predicted molar refractivity (Wildman–Crippen MR) is 73.3 cm³/mol. The highest BCUT2D eigenvalue weighted by atomic mass is 79.9. The van der Waals surface area contributed by atoms with Crippen LogP contribution in [0.1, 0.15) is 29.7 Å². The molecule has 1 aromatic rings. The Bertz CT molecular complexity index is 378. The zero-order valence-electron chi connectivity index (χ0n) is 9.79. The molecular formula is C13H16BrClO2. The van der Waals surface area contributed by atoms with Crippen molar-refractivity contribution in [1.82, 2.24) is 0 Å². The van der Waals surface area contributed by atoms with E-state index in [9.17, 15) is 0 Å². The average molecular weight is 320 g/mol. The van der Waals surface area contributed by atoms with Gasteiger partial charge < -0.3 is 9.47 Å². The van der Waals surface area contributed by atoms with E-state index in [1.165, 1.54) is 6.42 Å². The summed E-state index contributed by atoms with van der Waals surface area (Å²) < 4.78 is 10.8. The summed E-state index contributed by atoms with van der Waals surface area (Å²) in [6, 6.07) is 5.79. The maximum Gasteiger partial charge on any atom is 0.120 e. The van der Waals surface area contributed by atoms with Crippen molar-refractivity contribution < 1.29 is 9.47 Å². The Balaban J connectivity index is 2.04. The summed E-state index contributed by atoms with van der Waals surface area (Å²) in [7, 11) is 1.64. The van der Waals surface area contributed by atoms with Crippen molar-refractivity contribution in [2.24, 2.45) is 0 Å². The van der Waals surface area contributed by atoms with Gasteiger partial charge in [-0.05, 0) is 37.0 Å². The molecule has 94 valence electrons. The van der Waals surface area contributed by atoms with Crippen molar-refractivity contribution in [3.63, 3.8) is 0 Å². The molecule has 1 aliphatic rings. The number of rotatable bonds is 4. The topological polar surface area (TPSA) is 18.5 Å². The summed E-state index contributed by atoms with van der Waals surface area (Å²) in [5, 5.41) is 0.740. The minimum atomic E-state index is 0.240. The summed E-state index contributed by atoms with van der Waals surface area (Å²) in [4.78, 5) is 0.240. The van der Waals surface area contributed by atoms with Crippen molar-refractivity contribution in [3.05, 3.63) is 28.8 Å². The summed E-state index contributed by atoms with van der Waals surface area (Å²) >= 11 is 9.93. The van der Waals surface area contributed by atoms with Crippen LogP contribution in [0.3, 0.4) is 0 Å². The third-order valence-corrected chi connectivity index (χ3v) is 4.23. The molecule has 2 unspecified atom stereocenters. The quantitative estimate of drug-likeness (QED) is 0.768. The molecule has 0 aromatic heterocycles. The third-order valence-electron chi connectivity index (χ3n) is 3.04. The van der Waals surface area contributed by atoms with E-state index in [1.807, 2.05) is 18.2 Å². The van der Waals surface area contributed by atoms with Gasteiger partial charge in [0, 0.05) is 16.5 Å². The molecule has 0 saturated carbocycles. The van der Waals surface area contributed by atoms with Crippen molar-refractivity contribution in [2.75, 3.05) is 13.7 Å². The van der Waals surface area contributed by atoms with Gasteiger partial charge >= 0.3 is 0 Å². The fraction of sp³-hybridized carbons (Fsp3) is 0.538. The Morgan fingerprint density at radius 2 is 2.41 bits per heavy atom. The van der Waals surface area contributed by atoms with Crippen molar-refractivity contribution in [2.45, 2.75) is 30.2 Å². The number of hydrogen-bond acceptors (Lipinski definition) is 2. The van der Waals surface area contributed by atoms with Crippen LogP contribution in [0.25, 0.3) is 0 Å². The molecule has 2 atom stereocenters. The lowest BCUT2D eigenvalue weighted by Gasteiger charge is -2.16. The van der Waals surface area contributed by atoms with E-state index in [0.29, 0.717) is 6.10 Å². The molecule has 17 heavy (non-hydrogen) atoms. The Morgan fingerprint density at radius 1 is 1.59 bits per heavy atom. The molecule has 1 heterocycles. The summed E-state index contributed by atoms with van der Waals surface area (Å²) in [5.41, 5.74) is 1.10. The smallest absolute Gasteiger partial charge is 0.120 e. The van der Waals surface area contributed by atoms with Gasteiger partial charge in [-0.15, -0.1) is 0 Å². The van der Waals surface area contributed by atoms with E-state index in [2.05, 4.69) is 15.9 Å². The molecule has 1 aliphatic heterocycles. The van der Waals surface area contributed by atoms with Crippen LogP contribution >= 0.6 is 27.5 Å². The Labute approximate surface area is 115 Å². The number of methoxy groups -OCH3 is 1.